The Morgan fingerprint density at radius 2 is 2.00 bits per heavy atom. The Bertz CT molecular complexity index is 268. The van der Waals surface area contributed by atoms with Gasteiger partial charge in [-0.25, -0.2) is 0 Å². The molecule has 2 fully saturated rings. The second-order valence-electron chi connectivity index (χ2n) is 5.54. The van der Waals surface area contributed by atoms with Gasteiger partial charge < -0.3 is 9.84 Å². The van der Waals surface area contributed by atoms with Gasteiger partial charge in [0.2, 0.25) is 0 Å². The molecular weight excluding hydrogens is 180 g/mol. The summed E-state index contributed by atoms with van der Waals surface area (Å²) in [5.74, 6) is -0.0715. The number of carbonyl (C=O) groups is 1. The molecule has 0 aliphatic carbocycles. The normalized spacial score (nSPS) is 46.4. The summed E-state index contributed by atoms with van der Waals surface area (Å²) in [6, 6.07) is 0. The van der Waals surface area contributed by atoms with E-state index < -0.39 is 5.60 Å². The van der Waals surface area contributed by atoms with E-state index in [1.165, 1.54) is 0 Å². The zero-order valence-corrected chi connectivity index (χ0v) is 9.04. The average Bonchev–Trinajstić information content (AvgIpc) is 2.18. The van der Waals surface area contributed by atoms with E-state index in [4.69, 9.17) is 4.74 Å². The number of Topliss-reactive ketones (excluding diaryl/α,β-unsaturated/α-hetero) is 1. The minimum absolute atomic E-state index is 0.00558. The van der Waals surface area contributed by atoms with Gasteiger partial charge in [0, 0.05) is 12.8 Å². The third kappa shape index (κ3) is 1.48. The molecule has 0 aromatic carbocycles. The van der Waals surface area contributed by atoms with E-state index >= 15 is 0 Å². The van der Waals surface area contributed by atoms with Crippen LogP contribution in [0.4, 0.5) is 0 Å². The molecule has 0 amide bonds. The highest BCUT2D eigenvalue weighted by atomic mass is 16.5. The fraction of sp³-hybridized carbons (Fsp3) is 0.909. The number of hydrogen-bond donors (Lipinski definition) is 1. The molecule has 0 aromatic rings. The molecule has 0 saturated carbocycles. The maximum absolute atomic E-state index is 11.7. The first-order chi connectivity index (χ1) is 6.31. The molecular formula is C11H18O3. The highest BCUT2D eigenvalue weighted by Gasteiger charge is 2.50. The van der Waals surface area contributed by atoms with Crippen LogP contribution >= 0.6 is 0 Å². The Morgan fingerprint density at radius 3 is 2.64 bits per heavy atom. The molecule has 2 aliphatic heterocycles. The summed E-state index contributed by atoms with van der Waals surface area (Å²) in [6.07, 6.45) is 1.80. The van der Waals surface area contributed by atoms with Crippen LogP contribution in [0.1, 0.15) is 40.0 Å². The van der Waals surface area contributed by atoms with Crippen molar-refractivity contribution in [1.29, 1.82) is 0 Å². The first kappa shape index (κ1) is 10.1. The summed E-state index contributed by atoms with van der Waals surface area (Å²) < 4.78 is 5.76. The van der Waals surface area contributed by atoms with Crippen molar-refractivity contribution in [3.63, 3.8) is 0 Å². The van der Waals surface area contributed by atoms with Crippen molar-refractivity contribution in [3.05, 3.63) is 0 Å². The number of ketones is 1. The van der Waals surface area contributed by atoms with Crippen LogP contribution < -0.4 is 0 Å². The molecule has 0 spiro atoms. The Labute approximate surface area is 84.4 Å². The molecule has 2 bridgehead atoms. The molecule has 2 heterocycles. The lowest BCUT2D eigenvalue weighted by molar-refractivity contribution is -0.137. The molecule has 3 heteroatoms. The van der Waals surface area contributed by atoms with E-state index in [-0.39, 0.29) is 23.4 Å². The monoisotopic (exact) mass is 198 g/mol. The molecule has 2 saturated heterocycles. The standard InChI is InChI=1S/C11H18O3/c1-10(2)5-7-6-11(3,13)8(12)4-9(10)14-7/h7,9,13H,4-6H2,1-3H3/t7-,9-,11+/m1/s1. The predicted octanol–water partition coefficient (Wildman–Crippen LogP) is 1.28. The van der Waals surface area contributed by atoms with E-state index in [0.717, 1.165) is 6.42 Å². The number of fused-ring (bicyclic) bond motifs is 2. The minimum Gasteiger partial charge on any atom is -0.382 e. The summed E-state index contributed by atoms with van der Waals surface area (Å²) in [6.45, 7) is 5.86. The van der Waals surface area contributed by atoms with Gasteiger partial charge in [-0.15, -0.1) is 0 Å². The highest BCUT2D eigenvalue weighted by Crippen LogP contribution is 2.45. The number of rotatable bonds is 0. The van der Waals surface area contributed by atoms with Gasteiger partial charge in [-0.1, -0.05) is 13.8 Å². The molecule has 14 heavy (non-hydrogen) atoms. The van der Waals surface area contributed by atoms with Crippen LogP contribution in [0.2, 0.25) is 0 Å². The fourth-order valence-electron chi connectivity index (χ4n) is 2.57. The van der Waals surface area contributed by atoms with Crippen molar-refractivity contribution in [1.82, 2.24) is 0 Å². The number of carbonyl (C=O) groups excluding carboxylic acids is 1. The van der Waals surface area contributed by atoms with Gasteiger partial charge in [-0.05, 0) is 18.8 Å². The highest BCUT2D eigenvalue weighted by molar-refractivity contribution is 5.87. The van der Waals surface area contributed by atoms with Gasteiger partial charge in [-0.3, -0.25) is 4.79 Å². The Morgan fingerprint density at radius 1 is 1.36 bits per heavy atom. The lowest BCUT2D eigenvalue weighted by Gasteiger charge is -2.29. The maximum Gasteiger partial charge on any atom is 0.166 e. The van der Waals surface area contributed by atoms with Crippen molar-refractivity contribution in [2.75, 3.05) is 0 Å². The van der Waals surface area contributed by atoms with Gasteiger partial charge in [0.1, 0.15) is 5.60 Å². The summed E-state index contributed by atoms with van der Waals surface area (Å²) >= 11 is 0. The molecule has 0 unspecified atom stereocenters. The van der Waals surface area contributed by atoms with Crippen LogP contribution in [-0.4, -0.2) is 28.7 Å². The van der Waals surface area contributed by atoms with E-state index in [1.807, 2.05) is 0 Å². The van der Waals surface area contributed by atoms with E-state index in [9.17, 15) is 9.90 Å². The van der Waals surface area contributed by atoms with Gasteiger partial charge in [0.25, 0.3) is 0 Å². The zero-order chi connectivity index (χ0) is 10.6. The van der Waals surface area contributed by atoms with Crippen LogP contribution in [0.3, 0.4) is 0 Å². The summed E-state index contributed by atoms with van der Waals surface area (Å²) in [5.41, 5.74) is -1.09. The van der Waals surface area contributed by atoms with Crippen LogP contribution in [0.15, 0.2) is 0 Å². The molecule has 1 N–H and O–H groups in total. The van der Waals surface area contributed by atoms with Gasteiger partial charge in [-0.2, -0.15) is 0 Å². The largest absolute Gasteiger partial charge is 0.382 e. The molecule has 0 aromatic heterocycles. The average molecular weight is 198 g/mol. The molecule has 3 nitrogen and oxygen atoms in total. The molecule has 0 radical (unpaired) electrons. The summed E-state index contributed by atoms with van der Waals surface area (Å²) in [5, 5.41) is 9.89. The molecule has 80 valence electrons. The van der Waals surface area contributed by atoms with Gasteiger partial charge in [0.15, 0.2) is 5.78 Å². The SMILES string of the molecule is CC1(C)C[C@@H]2C[C@](C)(O)C(=O)C[C@H]1O2. The Balaban J connectivity index is 2.24. The predicted molar refractivity (Wildman–Crippen MR) is 51.9 cm³/mol. The first-order valence-electron chi connectivity index (χ1n) is 5.22. The van der Waals surface area contributed by atoms with E-state index in [0.29, 0.717) is 12.8 Å². The second-order valence-corrected chi connectivity index (χ2v) is 5.54. The van der Waals surface area contributed by atoms with Crippen molar-refractivity contribution in [3.8, 4) is 0 Å². The van der Waals surface area contributed by atoms with Gasteiger partial charge >= 0.3 is 0 Å². The van der Waals surface area contributed by atoms with Crippen molar-refractivity contribution >= 4 is 5.78 Å². The van der Waals surface area contributed by atoms with Crippen LogP contribution in [-0.2, 0) is 9.53 Å². The quantitative estimate of drug-likeness (QED) is 0.638. The maximum atomic E-state index is 11.7. The Kier molecular flexibility index (Phi) is 2.02. The fourth-order valence-corrected chi connectivity index (χ4v) is 2.57. The topological polar surface area (TPSA) is 46.5 Å². The lowest BCUT2D eigenvalue weighted by atomic mass is 9.76. The van der Waals surface area contributed by atoms with Crippen LogP contribution in [0.25, 0.3) is 0 Å². The first-order valence-corrected chi connectivity index (χ1v) is 5.22. The molecule has 2 rings (SSSR count). The van der Waals surface area contributed by atoms with Crippen molar-refractivity contribution < 1.29 is 14.6 Å². The number of hydrogen-bond acceptors (Lipinski definition) is 3. The third-order valence-electron chi connectivity index (χ3n) is 3.58. The second kappa shape index (κ2) is 2.80. The van der Waals surface area contributed by atoms with Gasteiger partial charge in [0.05, 0.1) is 12.2 Å². The van der Waals surface area contributed by atoms with E-state index in [1.54, 1.807) is 6.92 Å². The summed E-state index contributed by atoms with van der Waals surface area (Å²) in [4.78, 5) is 11.7. The molecule has 2 aliphatic rings. The summed E-state index contributed by atoms with van der Waals surface area (Å²) in [7, 11) is 0. The zero-order valence-electron chi connectivity index (χ0n) is 9.04. The molecule has 3 atom stereocenters. The van der Waals surface area contributed by atoms with E-state index in [2.05, 4.69) is 13.8 Å². The number of ether oxygens (including phenoxy) is 1. The minimum atomic E-state index is -1.17. The van der Waals surface area contributed by atoms with Crippen molar-refractivity contribution in [2.24, 2.45) is 5.41 Å². The third-order valence-corrected chi connectivity index (χ3v) is 3.58. The van der Waals surface area contributed by atoms with Crippen molar-refractivity contribution in [2.45, 2.75) is 57.8 Å². The smallest absolute Gasteiger partial charge is 0.166 e. The van der Waals surface area contributed by atoms with Crippen LogP contribution in [0, 0.1) is 5.41 Å². The number of aliphatic hydroxyl groups is 1. The Hall–Kier alpha value is -0.410. The van der Waals surface area contributed by atoms with Crippen LogP contribution in [0.5, 0.6) is 0 Å². The lowest BCUT2D eigenvalue weighted by Crippen LogP contribution is -2.40.